The lowest BCUT2D eigenvalue weighted by Crippen LogP contribution is -2.48. The van der Waals surface area contributed by atoms with Gasteiger partial charge in [-0.1, -0.05) is 35.4 Å². The molecule has 0 saturated carbocycles. The summed E-state index contributed by atoms with van der Waals surface area (Å²) in [5, 5.41) is 2.96. The van der Waals surface area contributed by atoms with Crippen molar-refractivity contribution in [2.75, 3.05) is 31.1 Å². The van der Waals surface area contributed by atoms with E-state index in [9.17, 15) is 12.8 Å². The van der Waals surface area contributed by atoms with E-state index in [4.69, 9.17) is 16.6 Å². The minimum absolute atomic E-state index is 0.106. The van der Waals surface area contributed by atoms with E-state index in [2.05, 4.69) is 4.90 Å². The molecule has 0 radical (unpaired) electrons. The van der Waals surface area contributed by atoms with Gasteiger partial charge < -0.3 is 4.90 Å². The fourth-order valence-electron chi connectivity index (χ4n) is 4.20. The Bertz CT molecular complexity index is 1230. The lowest BCUT2D eigenvalue weighted by atomic mass is 10.1. The lowest BCUT2D eigenvalue weighted by molar-refractivity contribution is 0.384. The number of hydrogen-bond acceptors (Lipinski definition) is 5. The third-order valence-corrected chi connectivity index (χ3v) is 9.07. The van der Waals surface area contributed by atoms with Crippen LogP contribution in [0.5, 0.6) is 0 Å². The van der Waals surface area contributed by atoms with Crippen molar-refractivity contribution < 1.29 is 12.8 Å². The molecule has 1 aliphatic heterocycles. The van der Waals surface area contributed by atoms with Gasteiger partial charge in [-0.25, -0.2) is 17.8 Å². The van der Waals surface area contributed by atoms with Crippen LogP contribution in [0.2, 0.25) is 5.02 Å². The normalized spacial score (nSPS) is 15.3. The van der Waals surface area contributed by atoms with Crippen molar-refractivity contribution in [3.8, 4) is 0 Å². The molecule has 170 valence electrons. The fraction of sp³-hybridized carbons (Fsp3) is 0.348. The Kier molecular flexibility index (Phi) is 6.58. The van der Waals surface area contributed by atoms with E-state index in [1.165, 1.54) is 17.4 Å². The second kappa shape index (κ2) is 9.09. The van der Waals surface area contributed by atoms with Crippen LogP contribution >= 0.6 is 22.9 Å². The highest BCUT2D eigenvalue weighted by atomic mass is 35.5. The van der Waals surface area contributed by atoms with Crippen LogP contribution in [0, 0.1) is 26.6 Å². The van der Waals surface area contributed by atoms with E-state index < -0.39 is 15.8 Å². The van der Waals surface area contributed by atoms with Crippen LogP contribution < -0.4 is 4.90 Å². The maximum Gasteiger partial charge on any atom is 0.243 e. The first-order valence-corrected chi connectivity index (χ1v) is 13.1. The molecule has 0 N–H and O–H groups in total. The molecule has 5 nitrogen and oxygen atoms in total. The standard InChI is InChI=1S/C23H25ClFN3O2S2/c1-15-10-16(2)22(17(3)11-15)32(29,30)28-8-6-27(7-9-28)23-26-19(14-31-23)12-18-4-5-21(25)20(24)13-18/h4-5,10-11,13-14H,6-9,12H2,1-3H3. The SMILES string of the molecule is Cc1cc(C)c(S(=O)(=O)N2CCN(c3nc(Cc4ccc(F)c(Cl)c4)cs3)CC2)c(C)c1. The van der Waals surface area contributed by atoms with Crippen LogP contribution in [0.15, 0.2) is 40.6 Å². The Hall–Kier alpha value is -2.00. The van der Waals surface area contributed by atoms with Gasteiger partial charge in [0.05, 0.1) is 15.6 Å². The molecule has 0 atom stereocenters. The predicted molar refractivity (Wildman–Crippen MR) is 128 cm³/mol. The summed E-state index contributed by atoms with van der Waals surface area (Å²) in [6.45, 7) is 7.68. The maximum absolute atomic E-state index is 13.4. The van der Waals surface area contributed by atoms with Crippen molar-refractivity contribution in [1.82, 2.24) is 9.29 Å². The van der Waals surface area contributed by atoms with E-state index in [-0.39, 0.29) is 5.02 Å². The number of aromatic nitrogens is 1. The molecule has 1 saturated heterocycles. The van der Waals surface area contributed by atoms with Gasteiger partial charge in [-0.15, -0.1) is 11.3 Å². The van der Waals surface area contributed by atoms with Crippen molar-refractivity contribution in [3.63, 3.8) is 0 Å². The summed E-state index contributed by atoms with van der Waals surface area (Å²) in [4.78, 5) is 7.24. The Balaban J connectivity index is 1.43. The third kappa shape index (κ3) is 4.69. The molecule has 2 heterocycles. The molecule has 0 bridgehead atoms. The molecule has 9 heteroatoms. The molecule has 0 aliphatic carbocycles. The molecule has 0 unspecified atom stereocenters. The number of hydrogen-bond donors (Lipinski definition) is 0. The zero-order valence-corrected chi connectivity index (χ0v) is 20.6. The van der Waals surface area contributed by atoms with Crippen LogP contribution in [-0.4, -0.2) is 43.9 Å². The molecule has 1 aromatic heterocycles. The zero-order valence-electron chi connectivity index (χ0n) is 18.2. The zero-order chi connectivity index (χ0) is 23.0. The second-order valence-electron chi connectivity index (χ2n) is 8.17. The largest absolute Gasteiger partial charge is 0.345 e. The van der Waals surface area contributed by atoms with Crippen LogP contribution in [0.4, 0.5) is 9.52 Å². The molecule has 1 aliphatic rings. The second-order valence-corrected chi connectivity index (χ2v) is 11.3. The molecule has 0 spiro atoms. The third-order valence-electron chi connectivity index (χ3n) is 5.62. The Morgan fingerprint density at radius 3 is 2.34 bits per heavy atom. The number of halogens is 2. The maximum atomic E-state index is 13.4. The highest BCUT2D eigenvalue weighted by Crippen LogP contribution is 2.28. The molecule has 2 aromatic carbocycles. The van der Waals surface area contributed by atoms with Crippen LogP contribution in [0.1, 0.15) is 27.9 Å². The quantitative estimate of drug-likeness (QED) is 0.504. The van der Waals surface area contributed by atoms with Crippen LogP contribution in [-0.2, 0) is 16.4 Å². The van der Waals surface area contributed by atoms with Gasteiger partial charge in [0.2, 0.25) is 10.0 Å². The van der Waals surface area contributed by atoms with Gasteiger partial charge in [-0.3, -0.25) is 0 Å². The molecule has 1 fully saturated rings. The topological polar surface area (TPSA) is 53.5 Å². The van der Waals surface area contributed by atoms with E-state index in [0.717, 1.165) is 33.1 Å². The van der Waals surface area contributed by atoms with Gasteiger partial charge in [0.15, 0.2) is 5.13 Å². The summed E-state index contributed by atoms with van der Waals surface area (Å²) < 4.78 is 41.5. The van der Waals surface area contributed by atoms with E-state index in [0.29, 0.717) is 37.5 Å². The van der Waals surface area contributed by atoms with Gasteiger partial charge in [-0.2, -0.15) is 4.31 Å². The molecular formula is C23H25ClFN3O2S2. The van der Waals surface area contributed by atoms with Gasteiger partial charge >= 0.3 is 0 Å². The van der Waals surface area contributed by atoms with E-state index >= 15 is 0 Å². The molecule has 4 rings (SSSR count). The number of benzene rings is 2. The van der Waals surface area contributed by atoms with Crippen molar-refractivity contribution in [3.05, 3.63) is 74.5 Å². The van der Waals surface area contributed by atoms with Gasteiger partial charge in [-0.05, 0) is 49.6 Å². The first-order valence-electron chi connectivity index (χ1n) is 10.4. The number of sulfonamides is 1. The number of piperazine rings is 1. The summed E-state index contributed by atoms with van der Waals surface area (Å²) in [5.74, 6) is -0.432. The summed E-state index contributed by atoms with van der Waals surface area (Å²) in [6, 6.07) is 8.53. The van der Waals surface area contributed by atoms with Gasteiger partial charge in [0.1, 0.15) is 5.82 Å². The lowest BCUT2D eigenvalue weighted by Gasteiger charge is -2.34. The van der Waals surface area contributed by atoms with Crippen molar-refractivity contribution >= 4 is 38.1 Å². The Morgan fingerprint density at radius 1 is 1.06 bits per heavy atom. The van der Waals surface area contributed by atoms with Crippen molar-refractivity contribution in [2.45, 2.75) is 32.1 Å². The number of thiazole rings is 1. The molecule has 0 amide bonds. The predicted octanol–water partition coefficient (Wildman–Crippen LogP) is 4.96. The highest BCUT2D eigenvalue weighted by molar-refractivity contribution is 7.89. The minimum Gasteiger partial charge on any atom is -0.345 e. The number of aryl methyl sites for hydroxylation is 3. The summed E-state index contributed by atoms with van der Waals surface area (Å²) in [6.07, 6.45) is 0.566. The fourth-order valence-corrected chi connectivity index (χ4v) is 7.12. The molecule has 32 heavy (non-hydrogen) atoms. The average molecular weight is 494 g/mol. The number of nitrogens with zero attached hydrogens (tertiary/aromatic N) is 3. The average Bonchev–Trinajstić information content (AvgIpc) is 3.18. The minimum atomic E-state index is -3.54. The van der Waals surface area contributed by atoms with E-state index in [1.807, 2.05) is 38.3 Å². The summed E-state index contributed by atoms with van der Waals surface area (Å²) in [7, 11) is -3.54. The van der Waals surface area contributed by atoms with Gasteiger partial charge in [0.25, 0.3) is 0 Å². The van der Waals surface area contributed by atoms with E-state index in [1.54, 1.807) is 16.4 Å². The Morgan fingerprint density at radius 2 is 1.72 bits per heavy atom. The summed E-state index contributed by atoms with van der Waals surface area (Å²) in [5.41, 5.74) is 4.42. The van der Waals surface area contributed by atoms with Crippen LogP contribution in [0.25, 0.3) is 0 Å². The van der Waals surface area contributed by atoms with Crippen molar-refractivity contribution in [1.29, 1.82) is 0 Å². The number of anilines is 1. The molecular weight excluding hydrogens is 469 g/mol. The van der Waals surface area contributed by atoms with Crippen molar-refractivity contribution in [2.24, 2.45) is 0 Å². The molecule has 3 aromatic rings. The van der Waals surface area contributed by atoms with Gasteiger partial charge in [0, 0.05) is 38.0 Å². The Labute approximate surface area is 197 Å². The summed E-state index contributed by atoms with van der Waals surface area (Å²) >= 11 is 7.41. The monoisotopic (exact) mass is 493 g/mol. The van der Waals surface area contributed by atoms with Crippen LogP contribution in [0.3, 0.4) is 0 Å². The number of rotatable bonds is 5. The first kappa shape index (κ1) is 23.2. The highest BCUT2D eigenvalue weighted by Gasteiger charge is 2.31. The smallest absolute Gasteiger partial charge is 0.243 e. The first-order chi connectivity index (χ1) is 15.1.